The molecule has 1 amide bonds. The van der Waals surface area contributed by atoms with Crippen molar-refractivity contribution >= 4 is 23.1 Å². The van der Waals surface area contributed by atoms with Crippen LogP contribution in [-0.4, -0.2) is 35.4 Å². The number of nitrogens with zero attached hydrogens (tertiary/aromatic N) is 3. The van der Waals surface area contributed by atoms with Crippen LogP contribution in [0.1, 0.15) is 35.4 Å². The van der Waals surface area contributed by atoms with E-state index in [-0.39, 0.29) is 11.8 Å². The smallest absolute Gasteiger partial charge is 0.357 e. The predicted octanol–water partition coefficient (Wildman–Crippen LogP) is 4.35. The summed E-state index contributed by atoms with van der Waals surface area (Å²) in [6.07, 6.45) is -1.40. The second-order valence-corrected chi connectivity index (χ2v) is 8.45. The number of anilines is 1. The fourth-order valence-electron chi connectivity index (χ4n) is 3.96. The predicted molar refractivity (Wildman–Crippen MR) is 102 cm³/mol. The zero-order chi connectivity index (χ0) is 19.7. The zero-order valence-corrected chi connectivity index (χ0v) is 16.2. The third-order valence-corrected chi connectivity index (χ3v) is 6.61. The summed E-state index contributed by atoms with van der Waals surface area (Å²) in [6.45, 7) is 2.73. The third kappa shape index (κ3) is 4.16. The average Bonchev–Trinajstić information content (AvgIpc) is 3.16. The summed E-state index contributed by atoms with van der Waals surface area (Å²) in [5.74, 6) is 0.825. The van der Waals surface area contributed by atoms with E-state index in [0.29, 0.717) is 31.9 Å². The Balaban J connectivity index is 1.31. The highest BCUT2D eigenvalue weighted by atomic mass is 32.1. The van der Waals surface area contributed by atoms with E-state index >= 15 is 0 Å². The maximum atomic E-state index is 12.9. The van der Waals surface area contributed by atoms with Crippen molar-refractivity contribution in [1.82, 2.24) is 9.88 Å². The van der Waals surface area contributed by atoms with Gasteiger partial charge >= 0.3 is 6.18 Å². The molecule has 2 aliphatic heterocycles. The Kier molecular flexibility index (Phi) is 5.31. The van der Waals surface area contributed by atoms with Crippen LogP contribution in [0.2, 0.25) is 0 Å². The van der Waals surface area contributed by atoms with Gasteiger partial charge in [-0.05, 0) is 54.3 Å². The highest BCUT2D eigenvalue weighted by molar-refractivity contribution is 7.10. The van der Waals surface area contributed by atoms with Crippen LogP contribution >= 0.6 is 11.3 Å². The molecule has 1 fully saturated rings. The van der Waals surface area contributed by atoms with Gasteiger partial charge in [-0.1, -0.05) is 6.07 Å². The van der Waals surface area contributed by atoms with Gasteiger partial charge < -0.3 is 9.80 Å². The first-order chi connectivity index (χ1) is 13.4. The molecule has 0 bridgehead atoms. The van der Waals surface area contributed by atoms with Gasteiger partial charge in [0.05, 0.1) is 0 Å². The van der Waals surface area contributed by atoms with Gasteiger partial charge in [0.25, 0.3) is 0 Å². The fourth-order valence-corrected chi connectivity index (χ4v) is 4.85. The largest absolute Gasteiger partial charge is 0.433 e. The van der Waals surface area contributed by atoms with Gasteiger partial charge in [-0.3, -0.25) is 4.79 Å². The fraction of sp³-hybridized carbons (Fsp3) is 0.500. The van der Waals surface area contributed by atoms with Crippen molar-refractivity contribution in [3.05, 3.63) is 45.8 Å². The van der Waals surface area contributed by atoms with Crippen molar-refractivity contribution in [1.29, 1.82) is 0 Å². The Morgan fingerprint density at radius 3 is 2.71 bits per heavy atom. The molecule has 0 N–H and O–H groups in total. The third-order valence-electron chi connectivity index (χ3n) is 5.59. The molecule has 0 aromatic carbocycles. The standard InChI is InChI=1S/C20H22F3N3OS/c21-20(22,23)17-2-1-3-18(24-17)25-8-4-14(5-9-25)12-19(27)26-10-6-16-15(13-26)7-11-28-16/h1-3,7,11,14H,4-6,8-10,12-13H2. The highest BCUT2D eigenvalue weighted by Crippen LogP contribution is 2.31. The quantitative estimate of drug-likeness (QED) is 0.756. The molecule has 4 heterocycles. The zero-order valence-electron chi connectivity index (χ0n) is 15.4. The van der Waals surface area contributed by atoms with E-state index in [9.17, 15) is 18.0 Å². The average molecular weight is 409 g/mol. The molecule has 2 aromatic rings. The van der Waals surface area contributed by atoms with Crippen molar-refractivity contribution in [2.45, 2.75) is 38.4 Å². The molecule has 0 aliphatic carbocycles. The first-order valence-electron chi connectivity index (χ1n) is 9.52. The maximum Gasteiger partial charge on any atom is 0.433 e. The molecule has 28 heavy (non-hydrogen) atoms. The van der Waals surface area contributed by atoms with Gasteiger partial charge in [0, 0.05) is 37.5 Å². The lowest BCUT2D eigenvalue weighted by molar-refractivity contribution is -0.141. The number of pyridine rings is 1. The van der Waals surface area contributed by atoms with Crippen LogP contribution in [0.15, 0.2) is 29.6 Å². The molecular weight excluding hydrogens is 387 g/mol. The Morgan fingerprint density at radius 1 is 1.18 bits per heavy atom. The molecule has 0 saturated carbocycles. The summed E-state index contributed by atoms with van der Waals surface area (Å²) in [6, 6.07) is 6.11. The second-order valence-electron chi connectivity index (χ2n) is 7.45. The Hall–Kier alpha value is -2.09. The summed E-state index contributed by atoms with van der Waals surface area (Å²) < 4.78 is 38.6. The first-order valence-corrected chi connectivity index (χ1v) is 10.4. The number of aromatic nitrogens is 1. The van der Waals surface area contributed by atoms with Gasteiger partial charge in [0.15, 0.2) is 0 Å². The summed E-state index contributed by atoms with van der Waals surface area (Å²) in [5.41, 5.74) is 0.398. The molecular formula is C20H22F3N3OS. The minimum atomic E-state index is -4.43. The highest BCUT2D eigenvalue weighted by Gasteiger charge is 2.33. The van der Waals surface area contributed by atoms with E-state index in [1.54, 1.807) is 17.4 Å². The Morgan fingerprint density at radius 2 is 1.96 bits per heavy atom. The van der Waals surface area contributed by atoms with Gasteiger partial charge in [0.1, 0.15) is 11.5 Å². The van der Waals surface area contributed by atoms with Crippen LogP contribution < -0.4 is 4.90 Å². The van der Waals surface area contributed by atoms with E-state index in [0.717, 1.165) is 31.9 Å². The molecule has 2 aromatic heterocycles. The van der Waals surface area contributed by atoms with Crippen LogP contribution in [0.3, 0.4) is 0 Å². The topological polar surface area (TPSA) is 36.4 Å². The van der Waals surface area contributed by atoms with Gasteiger partial charge in [-0.25, -0.2) is 4.98 Å². The maximum absolute atomic E-state index is 12.9. The number of hydrogen-bond donors (Lipinski definition) is 0. The number of fused-ring (bicyclic) bond motifs is 1. The van der Waals surface area contributed by atoms with E-state index in [2.05, 4.69) is 16.4 Å². The van der Waals surface area contributed by atoms with Crippen LogP contribution in [0.25, 0.3) is 0 Å². The monoisotopic (exact) mass is 409 g/mol. The normalized spacial score (nSPS) is 18.2. The molecule has 4 nitrogen and oxygen atoms in total. The molecule has 1 saturated heterocycles. The summed E-state index contributed by atoms with van der Waals surface area (Å²) >= 11 is 1.76. The number of rotatable bonds is 3. The number of thiophene rings is 1. The molecule has 0 atom stereocenters. The van der Waals surface area contributed by atoms with Gasteiger partial charge in [0.2, 0.25) is 5.91 Å². The summed E-state index contributed by atoms with van der Waals surface area (Å²) in [4.78, 5) is 21.7. The Bertz CT molecular complexity index is 843. The number of amides is 1. The van der Waals surface area contributed by atoms with Crippen molar-refractivity contribution in [3.8, 4) is 0 Å². The molecule has 0 spiro atoms. The van der Waals surface area contributed by atoms with Crippen molar-refractivity contribution in [3.63, 3.8) is 0 Å². The van der Waals surface area contributed by atoms with E-state index < -0.39 is 11.9 Å². The summed E-state index contributed by atoms with van der Waals surface area (Å²) in [5, 5.41) is 2.08. The number of hydrogen-bond acceptors (Lipinski definition) is 4. The molecule has 150 valence electrons. The van der Waals surface area contributed by atoms with Crippen LogP contribution in [0.4, 0.5) is 19.0 Å². The number of carbonyl (C=O) groups is 1. The van der Waals surface area contributed by atoms with Gasteiger partial charge in [-0.15, -0.1) is 11.3 Å². The molecule has 0 unspecified atom stereocenters. The van der Waals surface area contributed by atoms with Crippen molar-refractivity contribution in [2.24, 2.45) is 5.92 Å². The second kappa shape index (κ2) is 7.73. The molecule has 4 rings (SSSR count). The van der Waals surface area contributed by atoms with Crippen LogP contribution in [0.5, 0.6) is 0 Å². The van der Waals surface area contributed by atoms with E-state index in [1.807, 2.05) is 9.80 Å². The van der Waals surface area contributed by atoms with E-state index in [4.69, 9.17) is 0 Å². The molecule has 2 aliphatic rings. The van der Waals surface area contributed by atoms with Crippen LogP contribution in [0, 0.1) is 5.92 Å². The number of halogens is 3. The summed E-state index contributed by atoms with van der Waals surface area (Å²) in [7, 11) is 0. The minimum absolute atomic E-state index is 0.187. The van der Waals surface area contributed by atoms with Crippen LogP contribution in [-0.2, 0) is 23.9 Å². The number of piperidine rings is 1. The Labute approximate surface area is 166 Å². The lowest BCUT2D eigenvalue weighted by Crippen LogP contribution is -2.39. The van der Waals surface area contributed by atoms with Crippen molar-refractivity contribution in [2.75, 3.05) is 24.5 Å². The number of alkyl halides is 3. The van der Waals surface area contributed by atoms with Gasteiger partial charge in [-0.2, -0.15) is 13.2 Å². The first kappa shape index (κ1) is 19.2. The number of carbonyl (C=O) groups excluding carboxylic acids is 1. The SMILES string of the molecule is O=C(CC1CCN(c2cccc(C(F)(F)F)n2)CC1)N1CCc2sccc2C1. The molecule has 8 heteroatoms. The van der Waals surface area contributed by atoms with Crippen molar-refractivity contribution < 1.29 is 18.0 Å². The molecule has 0 radical (unpaired) electrons. The minimum Gasteiger partial charge on any atom is -0.357 e. The lowest BCUT2D eigenvalue weighted by atomic mass is 9.92. The van der Waals surface area contributed by atoms with E-state index in [1.165, 1.54) is 16.5 Å². The lowest BCUT2D eigenvalue weighted by Gasteiger charge is -2.34.